The van der Waals surface area contributed by atoms with Crippen LogP contribution in [0.25, 0.3) is 99.9 Å². The normalized spacial score (nSPS) is 11.7. The first-order valence-corrected chi connectivity index (χ1v) is 18.2. The Balaban J connectivity index is 1.20. The maximum Gasteiger partial charge on any atom is 0.238 e. The molecule has 0 N–H and O–H groups in total. The Labute approximate surface area is 311 Å². The second kappa shape index (κ2) is 12.1. The molecule has 3 heterocycles. The van der Waals surface area contributed by atoms with Gasteiger partial charge in [0.1, 0.15) is 0 Å². The highest BCUT2D eigenvalue weighted by Gasteiger charge is 2.21. The fourth-order valence-electron chi connectivity index (χ4n) is 8.08. The van der Waals surface area contributed by atoms with Gasteiger partial charge in [-0.25, -0.2) is 4.98 Å². The Hall–Kier alpha value is -7.37. The topological polar surface area (TPSA) is 48.5 Å². The summed E-state index contributed by atoms with van der Waals surface area (Å²) in [5.41, 5.74) is 9.54. The maximum absolute atomic E-state index is 5.37. The van der Waals surface area contributed by atoms with Crippen LogP contribution in [0.1, 0.15) is 0 Å². The molecule has 5 nitrogen and oxygen atoms in total. The van der Waals surface area contributed by atoms with Gasteiger partial charge in [-0.05, 0) is 70.4 Å². The van der Waals surface area contributed by atoms with E-state index in [4.69, 9.17) is 15.0 Å². The number of hydrogen-bond acceptors (Lipinski definition) is 3. The van der Waals surface area contributed by atoms with Crippen molar-refractivity contribution in [2.75, 3.05) is 0 Å². The Bertz CT molecular complexity index is 3170. The lowest BCUT2D eigenvalue weighted by atomic mass is 10.0. The molecule has 5 heteroatoms. The van der Waals surface area contributed by atoms with Crippen molar-refractivity contribution in [2.45, 2.75) is 0 Å². The molecule has 0 aliphatic carbocycles. The molecular weight excluding hydrogens is 659 g/mol. The predicted octanol–water partition coefficient (Wildman–Crippen LogP) is 12.2. The van der Waals surface area contributed by atoms with Gasteiger partial charge in [0.05, 0.1) is 27.8 Å². The van der Waals surface area contributed by atoms with Gasteiger partial charge in [-0.2, -0.15) is 9.97 Å². The molecule has 0 unspecified atom stereocenters. The molecule has 0 aliphatic rings. The van der Waals surface area contributed by atoms with Crippen LogP contribution in [0.15, 0.2) is 188 Å². The van der Waals surface area contributed by atoms with Gasteiger partial charge >= 0.3 is 0 Å². The molecule has 11 aromatic rings. The van der Waals surface area contributed by atoms with Gasteiger partial charge in [0.25, 0.3) is 0 Å². The number of nitrogens with zero attached hydrogens (tertiary/aromatic N) is 5. The number of fused-ring (bicyclic) bond motifs is 7. The number of rotatable bonds is 5. The molecule has 0 fully saturated rings. The largest absolute Gasteiger partial charge is 0.309 e. The fraction of sp³-hybridized carbons (Fsp3) is 0. The van der Waals surface area contributed by atoms with Crippen molar-refractivity contribution in [2.24, 2.45) is 0 Å². The number of hydrogen-bond donors (Lipinski definition) is 0. The zero-order chi connectivity index (χ0) is 35.6. The minimum atomic E-state index is 0.568. The van der Waals surface area contributed by atoms with Crippen molar-refractivity contribution in [1.82, 2.24) is 24.1 Å². The van der Waals surface area contributed by atoms with E-state index in [9.17, 15) is 0 Å². The minimum absolute atomic E-state index is 0.568. The van der Waals surface area contributed by atoms with E-state index >= 15 is 0 Å². The predicted molar refractivity (Wildman–Crippen MR) is 222 cm³/mol. The summed E-state index contributed by atoms with van der Waals surface area (Å²) in [6, 6.07) is 66.2. The van der Waals surface area contributed by atoms with Crippen LogP contribution in [-0.4, -0.2) is 24.1 Å². The summed E-state index contributed by atoms with van der Waals surface area (Å²) in [5.74, 6) is 1.79. The summed E-state index contributed by atoms with van der Waals surface area (Å²) in [4.78, 5) is 15.9. The van der Waals surface area contributed by atoms with E-state index in [0.717, 1.165) is 55.0 Å². The van der Waals surface area contributed by atoms with E-state index in [-0.39, 0.29) is 0 Å². The molecule has 0 amide bonds. The van der Waals surface area contributed by atoms with Crippen LogP contribution in [0.3, 0.4) is 0 Å². The molecule has 8 aromatic carbocycles. The number of aromatic nitrogens is 5. The van der Waals surface area contributed by atoms with Gasteiger partial charge in [-0.15, -0.1) is 0 Å². The van der Waals surface area contributed by atoms with Crippen LogP contribution in [0.4, 0.5) is 0 Å². The van der Waals surface area contributed by atoms with E-state index in [1.165, 1.54) is 27.3 Å². The summed E-state index contributed by atoms with van der Waals surface area (Å²) in [7, 11) is 0. The highest BCUT2D eigenvalue weighted by Crippen LogP contribution is 2.38. The third-order valence-electron chi connectivity index (χ3n) is 10.6. The smallest absolute Gasteiger partial charge is 0.238 e. The highest BCUT2D eigenvalue weighted by atomic mass is 15.2. The van der Waals surface area contributed by atoms with Gasteiger partial charge in [0.15, 0.2) is 11.6 Å². The molecule has 3 aromatic heterocycles. The second-order valence-corrected chi connectivity index (χ2v) is 13.7. The van der Waals surface area contributed by atoms with Crippen molar-refractivity contribution in [1.29, 1.82) is 0 Å². The lowest BCUT2D eigenvalue weighted by Gasteiger charge is -2.15. The van der Waals surface area contributed by atoms with Crippen molar-refractivity contribution in [3.05, 3.63) is 188 Å². The van der Waals surface area contributed by atoms with Gasteiger partial charge in [0.2, 0.25) is 5.95 Å². The summed E-state index contributed by atoms with van der Waals surface area (Å²) in [5, 5.41) is 7.00. The molecule has 252 valence electrons. The molecule has 0 radical (unpaired) electrons. The van der Waals surface area contributed by atoms with E-state index in [0.29, 0.717) is 17.6 Å². The number of para-hydroxylation sites is 4. The molecule has 11 rings (SSSR count). The Kier molecular flexibility index (Phi) is 6.79. The van der Waals surface area contributed by atoms with Crippen molar-refractivity contribution in [3.8, 4) is 45.5 Å². The molecule has 0 spiro atoms. The molecule has 54 heavy (non-hydrogen) atoms. The van der Waals surface area contributed by atoms with Crippen LogP contribution < -0.4 is 0 Å². The van der Waals surface area contributed by atoms with Crippen molar-refractivity contribution < 1.29 is 0 Å². The van der Waals surface area contributed by atoms with Crippen LogP contribution in [0, 0.1) is 0 Å². The molecule has 0 saturated heterocycles. The van der Waals surface area contributed by atoms with E-state index in [2.05, 4.69) is 197 Å². The van der Waals surface area contributed by atoms with E-state index in [1.807, 2.05) is 0 Å². The van der Waals surface area contributed by atoms with E-state index < -0.39 is 0 Å². The fourth-order valence-corrected chi connectivity index (χ4v) is 8.08. The first-order valence-electron chi connectivity index (χ1n) is 18.2. The molecule has 0 atom stereocenters. The molecule has 0 bridgehead atoms. The quantitative estimate of drug-likeness (QED) is 0.181. The Morgan fingerprint density at radius 3 is 1.63 bits per heavy atom. The van der Waals surface area contributed by atoms with E-state index in [1.54, 1.807) is 0 Å². The minimum Gasteiger partial charge on any atom is -0.309 e. The molecular formula is C49H31N5. The Morgan fingerprint density at radius 1 is 0.315 bits per heavy atom. The van der Waals surface area contributed by atoms with Crippen LogP contribution in [-0.2, 0) is 0 Å². The van der Waals surface area contributed by atoms with Crippen LogP contribution in [0.2, 0.25) is 0 Å². The molecule has 0 saturated carbocycles. The SMILES string of the molecule is c1ccc(-c2ccc3c(c2)c2ccccc2n3-c2nc(-c3ccc4ccccc4c3)nc(-c3ccccc3-n3c4ccccc4c4ccccc43)n2)cc1. The first-order chi connectivity index (χ1) is 26.8. The van der Waals surface area contributed by atoms with Crippen molar-refractivity contribution in [3.63, 3.8) is 0 Å². The van der Waals surface area contributed by atoms with Crippen LogP contribution >= 0.6 is 0 Å². The average Bonchev–Trinajstić information content (AvgIpc) is 3.76. The zero-order valence-electron chi connectivity index (χ0n) is 29.1. The summed E-state index contributed by atoms with van der Waals surface area (Å²) < 4.78 is 4.53. The third kappa shape index (κ3) is 4.76. The van der Waals surface area contributed by atoms with Crippen molar-refractivity contribution >= 4 is 54.4 Å². The zero-order valence-corrected chi connectivity index (χ0v) is 29.1. The lowest BCUT2D eigenvalue weighted by molar-refractivity contribution is 0.952. The third-order valence-corrected chi connectivity index (χ3v) is 10.6. The second-order valence-electron chi connectivity index (χ2n) is 13.7. The lowest BCUT2D eigenvalue weighted by Crippen LogP contribution is -2.07. The van der Waals surface area contributed by atoms with Gasteiger partial charge < -0.3 is 4.57 Å². The highest BCUT2D eigenvalue weighted by molar-refractivity contribution is 6.11. The monoisotopic (exact) mass is 689 g/mol. The standard InChI is InChI=1S/C49H31N5/c1-2-14-32(15-3-1)35-28-29-46-41(31-35)39-20-8-12-24-44(39)54(46)49-51-47(36-27-26-33-16-4-5-17-34(33)30-36)50-48(52-49)40-21-9-13-25-45(40)53-42-22-10-6-18-37(42)38-19-7-11-23-43(38)53/h1-31H. The molecule has 0 aliphatic heterocycles. The average molecular weight is 690 g/mol. The van der Waals surface area contributed by atoms with Gasteiger partial charge in [-0.3, -0.25) is 4.57 Å². The number of benzene rings is 8. The first kappa shape index (κ1) is 30.3. The van der Waals surface area contributed by atoms with Gasteiger partial charge in [-0.1, -0.05) is 140 Å². The maximum atomic E-state index is 5.37. The summed E-state index contributed by atoms with van der Waals surface area (Å²) >= 11 is 0. The van der Waals surface area contributed by atoms with Crippen LogP contribution in [0.5, 0.6) is 0 Å². The summed E-state index contributed by atoms with van der Waals surface area (Å²) in [6.45, 7) is 0. The Morgan fingerprint density at radius 2 is 0.870 bits per heavy atom. The van der Waals surface area contributed by atoms with Gasteiger partial charge in [0, 0.05) is 32.7 Å². The summed E-state index contributed by atoms with van der Waals surface area (Å²) in [6.07, 6.45) is 0.